The molecule has 430 valence electrons. The quantitative estimate of drug-likeness (QED) is 0.0954. The molecule has 0 aromatic heterocycles. The van der Waals surface area contributed by atoms with Crippen molar-refractivity contribution in [2.45, 2.75) is 271 Å². The second-order valence-corrected chi connectivity index (χ2v) is 23.6. The number of rotatable bonds is 13. The first-order chi connectivity index (χ1) is 35.3. The molecule has 5 aliphatic heterocycles. The Morgan fingerprint density at radius 2 is 1.15 bits per heavy atom. The van der Waals surface area contributed by atoms with Crippen LogP contribution in [0.15, 0.2) is 11.6 Å². The first-order valence-corrected chi connectivity index (χ1v) is 27.1. The van der Waals surface area contributed by atoms with E-state index in [4.69, 9.17) is 52.1 Å². The highest BCUT2D eigenvalue weighted by molar-refractivity contribution is 5.80. The van der Waals surface area contributed by atoms with E-state index in [1.54, 1.807) is 34.6 Å². The normalized spacial score (nSPS) is 55.3. The number of carbonyl (C=O) groups excluding carboxylic acids is 1. The maximum Gasteiger partial charge on any atom is 0.187 e. The van der Waals surface area contributed by atoms with Crippen LogP contribution in [0, 0.1) is 22.7 Å². The van der Waals surface area contributed by atoms with E-state index >= 15 is 0 Å². The van der Waals surface area contributed by atoms with E-state index in [-0.39, 0.29) is 56.8 Å². The number of ether oxygens (including phenoxy) is 11. The van der Waals surface area contributed by atoms with Crippen LogP contribution in [-0.4, -0.2) is 234 Å². The monoisotopic (exact) mass is 1080 g/mol. The molecule has 0 unspecified atom stereocenters. The second-order valence-electron chi connectivity index (χ2n) is 23.6. The molecule has 23 heteroatoms. The van der Waals surface area contributed by atoms with Crippen LogP contribution in [0.25, 0.3) is 0 Å². The highest BCUT2D eigenvalue weighted by Gasteiger charge is 2.79. The number of hydrogen-bond acceptors (Lipinski definition) is 23. The fourth-order valence-corrected chi connectivity index (χ4v) is 14.9. The van der Waals surface area contributed by atoms with E-state index in [0.717, 1.165) is 5.57 Å². The van der Waals surface area contributed by atoms with Crippen LogP contribution in [0.5, 0.6) is 0 Å². The first kappa shape index (κ1) is 58.2. The lowest BCUT2D eigenvalue weighted by molar-refractivity contribution is -0.357. The number of methoxy groups -OCH3 is 1. The van der Waals surface area contributed by atoms with Gasteiger partial charge in [-0.2, -0.15) is 0 Å². The van der Waals surface area contributed by atoms with E-state index in [2.05, 4.69) is 0 Å². The van der Waals surface area contributed by atoms with Crippen LogP contribution in [0.4, 0.5) is 0 Å². The van der Waals surface area contributed by atoms with Gasteiger partial charge >= 0.3 is 0 Å². The van der Waals surface area contributed by atoms with E-state index in [1.165, 1.54) is 14.0 Å². The molecule has 5 heterocycles. The maximum atomic E-state index is 12.7. The van der Waals surface area contributed by atoms with Gasteiger partial charge in [-0.15, -0.1) is 0 Å². The Hall–Kier alpha value is -1.47. The molecule has 3 saturated carbocycles. The molecule has 0 amide bonds. The summed E-state index contributed by atoms with van der Waals surface area (Å²) in [6.45, 7) is 11.3. The average Bonchev–Trinajstić information content (AvgIpc) is 3.73. The van der Waals surface area contributed by atoms with Crippen molar-refractivity contribution in [2.75, 3.05) is 13.7 Å². The molecule has 4 aliphatic carbocycles. The standard InChI is InChI=1S/C52H84O23/c1-21(54)28-14-36(59)52(64)50(28,7)35(58)19-34-49(6)11-10-27(13-26(49)9-12-51(34,52)63)70-37-15-29(55)44(22(2)66-37)72-38-16-30(56)45(23(3)67-38)73-39-17-31(57)46(24(4)68-39)74-40-18-32(65-8)47(25(5)69-40)75-48-43(62)42(61)41(60)33(20-53)71-48/h9,22-25,27-48,53,55-64H,10-20H2,1-8H3/t22-,23-,24-,25-,27+,28+,29+,30+,31+,32-,33-,34-,35-,36-,37+,38+,39+,40+,41-,42-,43-,44-,45-,46-,47-,48+,49+,50+,51+,52-/m1/s1. The van der Waals surface area contributed by atoms with Gasteiger partial charge in [-0.25, -0.2) is 0 Å². The SMILES string of the molecule is CO[C@@H]1C[C@H](O[C@H]2[C@@H](O)C[C@H](O[C@H]3[C@@H](O)C[C@H](O[C@H]4[C@@H](O)C[C@H](O[C@H]5CC[C@@]6(C)C(=CC[C@]7(O)[C@@H]6C[C@@H](O)[C@]6(C)[C@H](C(C)=O)C[C@@H](O)[C@@]67O)C5)O[C@@H]4C)O[C@@H]3C)O[C@@H]2C)O[C@H](C)[C@H]1O[C@@H]1O[C@H](CO)[C@@H](O)[C@@H](O)[C@H]1O. The number of hydrogen-bond donors (Lipinski definition) is 11. The second kappa shape index (κ2) is 22.1. The van der Waals surface area contributed by atoms with Crippen LogP contribution < -0.4 is 0 Å². The van der Waals surface area contributed by atoms with Crippen molar-refractivity contribution < 1.29 is 113 Å². The third kappa shape index (κ3) is 10.2. The maximum absolute atomic E-state index is 12.7. The van der Waals surface area contributed by atoms with E-state index in [9.17, 15) is 61.0 Å². The topological polar surface area (TPSA) is 341 Å². The molecular weight excluding hydrogens is 993 g/mol. The molecule has 30 atom stereocenters. The van der Waals surface area contributed by atoms with Crippen LogP contribution in [-0.2, 0) is 56.9 Å². The number of aliphatic hydroxyl groups is 11. The summed E-state index contributed by atoms with van der Waals surface area (Å²) in [6.07, 6.45) is -19.7. The minimum Gasteiger partial charge on any atom is -0.394 e. The van der Waals surface area contributed by atoms with E-state index in [0.29, 0.717) is 19.3 Å². The summed E-state index contributed by atoms with van der Waals surface area (Å²) in [4.78, 5) is 12.7. The van der Waals surface area contributed by atoms with Gasteiger partial charge in [-0.05, 0) is 78.6 Å². The zero-order chi connectivity index (χ0) is 54.4. The van der Waals surface area contributed by atoms with Gasteiger partial charge in [0, 0.05) is 50.0 Å². The Morgan fingerprint density at radius 1 is 0.640 bits per heavy atom. The van der Waals surface area contributed by atoms with Crippen LogP contribution >= 0.6 is 0 Å². The third-order valence-corrected chi connectivity index (χ3v) is 19.2. The molecule has 0 radical (unpaired) electrons. The van der Waals surface area contributed by atoms with Crippen LogP contribution in [0.2, 0.25) is 0 Å². The Labute approximate surface area is 437 Å². The Balaban J connectivity index is 0.731. The lowest BCUT2D eigenvalue weighted by Gasteiger charge is -2.66. The van der Waals surface area contributed by atoms with Crippen molar-refractivity contribution in [2.24, 2.45) is 22.7 Å². The van der Waals surface area contributed by atoms with Gasteiger partial charge < -0.3 is 108 Å². The number of fused-ring (bicyclic) bond motifs is 5. The minimum absolute atomic E-state index is 0.00356. The summed E-state index contributed by atoms with van der Waals surface area (Å²) in [5, 5.41) is 123. The molecule has 11 N–H and O–H groups in total. The van der Waals surface area contributed by atoms with Gasteiger partial charge in [0.05, 0.1) is 73.8 Å². The molecule has 5 saturated heterocycles. The van der Waals surface area contributed by atoms with Crippen molar-refractivity contribution in [1.29, 1.82) is 0 Å². The summed E-state index contributed by atoms with van der Waals surface area (Å²) in [5.41, 5.74) is -4.94. The van der Waals surface area contributed by atoms with E-state index in [1.807, 2.05) is 13.0 Å². The fourth-order valence-electron chi connectivity index (χ4n) is 14.9. The molecule has 9 aliphatic rings. The lowest BCUT2D eigenvalue weighted by Crippen LogP contribution is -2.78. The van der Waals surface area contributed by atoms with Crippen molar-refractivity contribution in [3.63, 3.8) is 0 Å². The van der Waals surface area contributed by atoms with Gasteiger partial charge in [0.1, 0.15) is 65.8 Å². The van der Waals surface area contributed by atoms with E-state index < -0.39 is 182 Å². The summed E-state index contributed by atoms with van der Waals surface area (Å²) in [5.74, 6) is -1.65. The Kier molecular flexibility index (Phi) is 17.2. The van der Waals surface area contributed by atoms with Gasteiger partial charge in [0.25, 0.3) is 0 Å². The largest absolute Gasteiger partial charge is 0.394 e. The van der Waals surface area contributed by atoms with Gasteiger partial charge in [0.15, 0.2) is 31.5 Å². The molecule has 0 bridgehead atoms. The third-order valence-electron chi connectivity index (χ3n) is 19.2. The molecule has 8 fully saturated rings. The van der Waals surface area contributed by atoms with Crippen molar-refractivity contribution in [3.05, 3.63) is 11.6 Å². The fraction of sp³-hybridized carbons (Fsp3) is 0.942. The molecule has 0 aromatic rings. The zero-order valence-electron chi connectivity index (χ0n) is 44.2. The Morgan fingerprint density at radius 3 is 1.64 bits per heavy atom. The Bertz CT molecular complexity index is 1980. The molecule has 75 heavy (non-hydrogen) atoms. The van der Waals surface area contributed by atoms with Crippen molar-refractivity contribution >= 4 is 5.78 Å². The number of carbonyl (C=O) groups is 1. The lowest BCUT2D eigenvalue weighted by atomic mass is 9.42. The summed E-state index contributed by atoms with van der Waals surface area (Å²) < 4.78 is 67.2. The zero-order valence-corrected chi connectivity index (χ0v) is 44.2. The number of aliphatic hydroxyl groups excluding tert-OH is 9. The molecule has 23 nitrogen and oxygen atoms in total. The smallest absolute Gasteiger partial charge is 0.187 e. The minimum atomic E-state index is -2.11. The van der Waals surface area contributed by atoms with Crippen molar-refractivity contribution in [3.8, 4) is 0 Å². The number of ketones is 1. The predicted octanol–water partition coefficient (Wildman–Crippen LogP) is -1.31. The number of Topliss-reactive ketones (excluding diaryl/α,β-unsaturated/α-hetero) is 1. The van der Waals surface area contributed by atoms with Gasteiger partial charge in [0.2, 0.25) is 0 Å². The van der Waals surface area contributed by atoms with Crippen LogP contribution in [0.3, 0.4) is 0 Å². The van der Waals surface area contributed by atoms with Crippen molar-refractivity contribution in [1.82, 2.24) is 0 Å². The highest BCUT2D eigenvalue weighted by Crippen LogP contribution is 2.69. The summed E-state index contributed by atoms with van der Waals surface area (Å²) in [6, 6.07) is 0. The van der Waals surface area contributed by atoms with Crippen LogP contribution in [0.1, 0.15) is 113 Å². The average molecular weight is 1080 g/mol. The molecule has 0 spiro atoms. The molecule has 9 rings (SSSR count). The first-order valence-electron chi connectivity index (χ1n) is 27.1. The van der Waals surface area contributed by atoms with Gasteiger partial charge in [-0.1, -0.05) is 25.5 Å². The van der Waals surface area contributed by atoms with Gasteiger partial charge in [-0.3, -0.25) is 4.79 Å². The highest BCUT2D eigenvalue weighted by atomic mass is 16.8. The summed E-state index contributed by atoms with van der Waals surface area (Å²) >= 11 is 0. The molecule has 0 aromatic carbocycles. The molecular formula is C52H84O23. The summed E-state index contributed by atoms with van der Waals surface area (Å²) in [7, 11) is 1.46. The predicted molar refractivity (Wildman–Crippen MR) is 254 cm³/mol.